The summed E-state index contributed by atoms with van der Waals surface area (Å²) in [5.41, 5.74) is 8.22. The summed E-state index contributed by atoms with van der Waals surface area (Å²) in [6.45, 7) is 0. The van der Waals surface area contributed by atoms with E-state index in [1.165, 1.54) is 11.8 Å². The van der Waals surface area contributed by atoms with Crippen LogP contribution in [-0.2, 0) is 4.79 Å². The van der Waals surface area contributed by atoms with Crippen LogP contribution in [0.1, 0.15) is 10.8 Å². The molecule has 1 amide bonds. The number of hydrogen-bond donors (Lipinski definition) is 2. The average molecular weight is 364 g/mol. The lowest BCUT2D eigenvalue weighted by molar-refractivity contribution is -0.115. The first-order valence-corrected chi connectivity index (χ1v) is 9.06. The molecule has 3 rings (SSSR count). The maximum absolute atomic E-state index is 13.0. The first kappa shape index (κ1) is 17.9. The van der Waals surface area contributed by atoms with Crippen molar-refractivity contribution in [3.63, 3.8) is 0 Å². The lowest BCUT2D eigenvalue weighted by atomic mass is 10.1. The molecule has 0 spiro atoms. The summed E-state index contributed by atoms with van der Waals surface area (Å²) in [6.07, 6.45) is 0. The highest BCUT2D eigenvalue weighted by molar-refractivity contribution is 8.00. The van der Waals surface area contributed by atoms with Crippen LogP contribution < -0.4 is 15.8 Å². The normalized spacial score (nSPS) is 11.6. The van der Waals surface area contributed by atoms with Gasteiger partial charge in [0.15, 0.2) is 0 Å². The molecular formula is C21H20N2O2S. The van der Waals surface area contributed by atoms with Gasteiger partial charge in [-0.3, -0.25) is 4.79 Å². The van der Waals surface area contributed by atoms with Crippen LogP contribution in [0.25, 0.3) is 0 Å². The first-order valence-electron chi connectivity index (χ1n) is 8.18. The summed E-state index contributed by atoms with van der Waals surface area (Å²) in [5.74, 6) is 0.658. The Morgan fingerprint density at radius 3 is 2.38 bits per heavy atom. The molecule has 0 heterocycles. The summed E-state index contributed by atoms with van der Waals surface area (Å²) in [7, 11) is 1.61. The fraction of sp³-hybridized carbons (Fsp3) is 0.0952. The van der Waals surface area contributed by atoms with Gasteiger partial charge in [-0.05, 0) is 48.0 Å². The Balaban J connectivity index is 1.83. The zero-order valence-electron chi connectivity index (χ0n) is 14.4. The molecule has 0 radical (unpaired) electrons. The highest BCUT2D eigenvalue weighted by Crippen LogP contribution is 2.36. The van der Waals surface area contributed by atoms with E-state index in [1.54, 1.807) is 7.11 Å². The molecule has 0 saturated heterocycles. The van der Waals surface area contributed by atoms with E-state index in [9.17, 15) is 4.79 Å². The Bertz CT molecular complexity index is 867. The van der Waals surface area contributed by atoms with Crippen molar-refractivity contribution in [2.45, 2.75) is 10.1 Å². The average Bonchev–Trinajstić information content (AvgIpc) is 2.67. The molecule has 3 aromatic carbocycles. The number of carbonyl (C=O) groups is 1. The van der Waals surface area contributed by atoms with Crippen LogP contribution in [0.2, 0.25) is 0 Å². The smallest absolute Gasteiger partial charge is 0.242 e. The standard InChI is InChI=1S/C21H20N2O2S/c1-25-18-12-10-17(11-13-18)23-21(24)20(15-6-3-2-4-7-15)26-19-9-5-8-16(22)14-19/h2-14,20H,22H2,1H3,(H,23,24). The van der Waals surface area contributed by atoms with Gasteiger partial charge in [0.1, 0.15) is 11.0 Å². The van der Waals surface area contributed by atoms with Crippen LogP contribution in [0.15, 0.2) is 83.8 Å². The number of methoxy groups -OCH3 is 1. The summed E-state index contributed by atoms with van der Waals surface area (Å²) in [6, 6.07) is 24.6. The number of carbonyl (C=O) groups excluding carboxylic acids is 1. The van der Waals surface area contributed by atoms with Gasteiger partial charge in [0, 0.05) is 16.3 Å². The molecule has 0 bridgehead atoms. The number of amides is 1. The van der Waals surface area contributed by atoms with Crippen molar-refractivity contribution in [1.29, 1.82) is 0 Å². The number of nitrogens with one attached hydrogen (secondary N) is 1. The number of nitrogen functional groups attached to an aromatic ring is 1. The molecule has 0 aliphatic heterocycles. The Labute approximate surface area is 157 Å². The first-order chi connectivity index (χ1) is 12.7. The van der Waals surface area contributed by atoms with Crippen LogP contribution in [0.3, 0.4) is 0 Å². The van der Waals surface area contributed by atoms with Gasteiger partial charge in [-0.15, -0.1) is 11.8 Å². The van der Waals surface area contributed by atoms with E-state index in [-0.39, 0.29) is 11.2 Å². The van der Waals surface area contributed by atoms with Gasteiger partial charge < -0.3 is 15.8 Å². The summed E-state index contributed by atoms with van der Waals surface area (Å²) in [4.78, 5) is 13.9. The third-order valence-electron chi connectivity index (χ3n) is 3.81. The minimum atomic E-state index is -0.389. The lowest BCUT2D eigenvalue weighted by Crippen LogP contribution is -2.19. The molecule has 1 atom stereocenters. The number of thioether (sulfide) groups is 1. The summed E-state index contributed by atoms with van der Waals surface area (Å²) >= 11 is 1.47. The van der Waals surface area contributed by atoms with Crippen molar-refractivity contribution in [3.05, 3.63) is 84.4 Å². The quantitative estimate of drug-likeness (QED) is 0.489. The highest BCUT2D eigenvalue weighted by Gasteiger charge is 2.22. The molecule has 1 unspecified atom stereocenters. The Hall–Kier alpha value is -2.92. The second kappa shape index (κ2) is 8.45. The molecule has 5 heteroatoms. The third kappa shape index (κ3) is 4.58. The number of rotatable bonds is 6. The van der Waals surface area contributed by atoms with Gasteiger partial charge in [0.25, 0.3) is 0 Å². The Morgan fingerprint density at radius 2 is 1.73 bits per heavy atom. The minimum absolute atomic E-state index is 0.0891. The molecular weight excluding hydrogens is 344 g/mol. The molecule has 132 valence electrons. The van der Waals surface area contributed by atoms with Crippen molar-refractivity contribution in [3.8, 4) is 5.75 Å². The second-order valence-electron chi connectivity index (χ2n) is 5.70. The van der Waals surface area contributed by atoms with E-state index in [2.05, 4.69) is 5.32 Å². The van der Waals surface area contributed by atoms with Crippen molar-refractivity contribution in [2.75, 3.05) is 18.2 Å². The molecule has 26 heavy (non-hydrogen) atoms. The van der Waals surface area contributed by atoms with Gasteiger partial charge in [-0.2, -0.15) is 0 Å². The monoisotopic (exact) mass is 364 g/mol. The number of benzene rings is 3. The predicted octanol–water partition coefficient (Wildman–Crippen LogP) is 4.75. The second-order valence-corrected chi connectivity index (χ2v) is 6.88. The molecule has 4 nitrogen and oxygen atoms in total. The maximum Gasteiger partial charge on any atom is 0.242 e. The van der Waals surface area contributed by atoms with Crippen LogP contribution >= 0.6 is 11.8 Å². The fourth-order valence-electron chi connectivity index (χ4n) is 2.51. The Morgan fingerprint density at radius 1 is 1.00 bits per heavy atom. The van der Waals surface area contributed by atoms with Crippen LogP contribution in [0.5, 0.6) is 5.75 Å². The van der Waals surface area contributed by atoms with Crippen LogP contribution in [-0.4, -0.2) is 13.0 Å². The van der Waals surface area contributed by atoms with Gasteiger partial charge in [0.2, 0.25) is 5.91 Å². The zero-order chi connectivity index (χ0) is 18.4. The largest absolute Gasteiger partial charge is 0.497 e. The number of nitrogens with two attached hydrogens (primary N) is 1. The molecule has 3 aromatic rings. The van der Waals surface area contributed by atoms with E-state index in [1.807, 2.05) is 78.9 Å². The van der Waals surface area contributed by atoms with Crippen molar-refractivity contribution < 1.29 is 9.53 Å². The summed E-state index contributed by atoms with van der Waals surface area (Å²) in [5, 5.41) is 2.59. The van der Waals surface area contributed by atoms with Crippen molar-refractivity contribution in [2.24, 2.45) is 0 Å². The van der Waals surface area contributed by atoms with E-state index < -0.39 is 0 Å². The SMILES string of the molecule is COc1ccc(NC(=O)C(Sc2cccc(N)c2)c2ccccc2)cc1. The number of hydrogen-bond acceptors (Lipinski definition) is 4. The maximum atomic E-state index is 13.0. The van der Waals surface area contributed by atoms with E-state index in [0.29, 0.717) is 5.69 Å². The Kier molecular flexibility index (Phi) is 5.81. The van der Waals surface area contributed by atoms with E-state index in [0.717, 1.165) is 21.9 Å². The van der Waals surface area contributed by atoms with Gasteiger partial charge in [-0.1, -0.05) is 36.4 Å². The number of anilines is 2. The van der Waals surface area contributed by atoms with Crippen molar-refractivity contribution >= 4 is 29.0 Å². The molecule has 0 fully saturated rings. The predicted molar refractivity (Wildman–Crippen MR) is 108 cm³/mol. The van der Waals surface area contributed by atoms with E-state index in [4.69, 9.17) is 10.5 Å². The van der Waals surface area contributed by atoms with Crippen LogP contribution in [0.4, 0.5) is 11.4 Å². The van der Waals surface area contributed by atoms with Crippen LogP contribution in [0, 0.1) is 0 Å². The highest BCUT2D eigenvalue weighted by atomic mass is 32.2. The number of ether oxygens (including phenoxy) is 1. The molecule has 0 aromatic heterocycles. The van der Waals surface area contributed by atoms with Gasteiger partial charge in [-0.25, -0.2) is 0 Å². The molecule has 0 aliphatic rings. The van der Waals surface area contributed by atoms with E-state index >= 15 is 0 Å². The zero-order valence-corrected chi connectivity index (χ0v) is 15.2. The molecule has 3 N–H and O–H groups in total. The van der Waals surface area contributed by atoms with Gasteiger partial charge >= 0.3 is 0 Å². The minimum Gasteiger partial charge on any atom is -0.497 e. The van der Waals surface area contributed by atoms with Gasteiger partial charge in [0.05, 0.1) is 7.11 Å². The summed E-state index contributed by atoms with van der Waals surface area (Å²) < 4.78 is 5.15. The third-order valence-corrected chi connectivity index (χ3v) is 5.06. The topological polar surface area (TPSA) is 64.3 Å². The van der Waals surface area contributed by atoms with Crippen molar-refractivity contribution in [1.82, 2.24) is 0 Å². The fourth-order valence-corrected chi connectivity index (χ4v) is 3.60. The molecule has 0 aliphatic carbocycles. The lowest BCUT2D eigenvalue weighted by Gasteiger charge is -2.17. The molecule has 0 saturated carbocycles.